The molecule has 1 aromatic carbocycles. The van der Waals surface area contributed by atoms with Crippen molar-refractivity contribution in [3.8, 4) is 0 Å². The Labute approximate surface area is 94.3 Å². The second kappa shape index (κ2) is 3.89. The lowest BCUT2D eigenvalue weighted by Gasteiger charge is -2.01. The molecule has 2 aromatic rings. The first kappa shape index (κ1) is 9.28. The fraction of sp³-hybridized carbons (Fsp3) is 0.143. The van der Waals surface area contributed by atoms with Crippen LogP contribution in [-0.4, -0.2) is 11.5 Å². The second-order valence-corrected chi connectivity index (χ2v) is 4.06. The van der Waals surface area contributed by atoms with Gasteiger partial charge in [0.15, 0.2) is 0 Å². The Morgan fingerprint density at radius 2 is 2.00 bits per heavy atom. The zero-order chi connectivity index (χ0) is 10.8. The minimum absolute atomic E-state index is 0.923. The van der Waals surface area contributed by atoms with Crippen LogP contribution in [0.1, 0.15) is 11.1 Å². The first-order valence-electron chi connectivity index (χ1n) is 5.57. The highest BCUT2D eigenvalue weighted by Crippen LogP contribution is 2.04. The maximum absolute atomic E-state index is 3.30. The van der Waals surface area contributed by atoms with Gasteiger partial charge in [-0.05, 0) is 17.5 Å². The number of hydrogen-bond acceptors (Lipinski definition) is 1. The summed E-state index contributed by atoms with van der Waals surface area (Å²) in [6.45, 7) is 0.923. The molecule has 16 heavy (non-hydrogen) atoms. The molecule has 3 rings (SSSR count). The molecule has 0 amide bonds. The minimum atomic E-state index is 0.923. The number of aromatic amines is 1. The molecule has 0 spiro atoms. The molecule has 2 heterocycles. The van der Waals surface area contributed by atoms with Gasteiger partial charge in [0.1, 0.15) is 0 Å². The fourth-order valence-electron chi connectivity index (χ4n) is 2.14. The first-order chi connectivity index (χ1) is 7.93. The predicted molar refractivity (Wildman–Crippen MR) is 66.2 cm³/mol. The Morgan fingerprint density at radius 1 is 1.12 bits per heavy atom. The first-order valence-corrected chi connectivity index (χ1v) is 5.57. The summed E-state index contributed by atoms with van der Waals surface area (Å²) in [6, 6.07) is 10.6. The average Bonchev–Trinajstić information content (AvgIpc) is 2.74. The molecule has 0 unspecified atom stereocenters. The molecule has 0 saturated carbocycles. The van der Waals surface area contributed by atoms with Crippen LogP contribution in [0.3, 0.4) is 0 Å². The Bertz CT molecular complexity index is 593. The Balaban J connectivity index is 2.01. The van der Waals surface area contributed by atoms with Crippen molar-refractivity contribution in [2.75, 3.05) is 6.54 Å². The van der Waals surface area contributed by atoms with E-state index in [9.17, 15) is 0 Å². The SMILES string of the molecule is C1=c2[nH]cc(Cc3ccccc3)c2=CCN1. The number of rotatable bonds is 2. The summed E-state index contributed by atoms with van der Waals surface area (Å²) in [6.07, 6.45) is 7.39. The maximum atomic E-state index is 3.30. The quantitative estimate of drug-likeness (QED) is 0.751. The summed E-state index contributed by atoms with van der Waals surface area (Å²) in [5, 5.41) is 5.75. The Hall–Kier alpha value is -1.96. The van der Waals surface area contributed by atoms with Gasteiger partial charge in [-0.2, -0.15) is 0 Å². The standard InChI is InChI=1S/C14H14N2/c1-2-4-11(5-3-1)8-12-9-16-14-10-15-7-6-13(12)14/h1-6,9-10,15-16H,7-8H2. The topological polar surface area (TPSA) is 27.8 Å². The van der Waals surface area contributed by atoms with Gasteiger partial charge in [-0.3, -0.25) is 0 Å². The van der Waals surface area contributed by atoms with Crippen LogP contribution in [0.15, 0.2) is 36.5 Å². The summed E-state index contributed by atoms with van der Waals surface area (Å²) in [5.41, 5.74) is 2.73. The van der Waals surface area contributed by atoms with Crippen LogP contribution in [0.4, 0.5) is 0 Å². The smallest absolute Gasteiger partial charge is 0.0613 e. The highest BCUT2D eigenvalue weighted by molar-refractivity contribution is 5.40. The molecule has 1 aromatic heterocycles. The third-order valence-electron chi connectivity index (χ3n) is 2.95. The van der Waals surface area contributed by atoms with Gasteiger partial charge in [0.2, 0.25) is 0 Å². The van der Waals surface area contributed by atoms with Crippen molar-refractivity contribution in [1.29, 1.82) is 0 Å². The number of H-pyrrole nitrogens is 1. The number of hydrogen-bond donors (Lipinski definition) is 2. The third-order valence-corrected chi connectivity index (χ3v) is 2.95. The van der Waals surface area contributed by atoms with Gasteiger partial charge in [-0.25, -0.2) is 0 Å². The highest BCUT2D eigenvalue weighted by atomic mass is 14.8. The molecule has 2 N–H and O–H groups in total. The zero-order valence-electron chi connectivity index (χ0n) is 9.03. The number of fused-ring (bicyclic) bond motifs is 1. The predicted octanol–water partition coefficient (Wildman–Crippen LogP) is 0.727. The normalized spacial score (nSPS) is 13.2. The van der Waals surface area contributed by atoms with E-state index in [2.05, 4.69) is 52.9 Å². The molecule has 0 saturated heterocycles. The minimum Gasteiger partial charge on any atom is -0.386 e. The molecule has 2 heteroatoms. The van der Waals surface area contributed by atoms with E-state index in [0.29, 0.717) is 0 Å². The van der Waals surface area contributed by atoms with Crippen LogP contribution in [0.25, 0.3) is 12.3 Å². The van der Waals surface area contributed by atoms with E-state index in [4.69, 9.17) is 0 Å². The van der Waals surface area contributed by atoms with Crippen LogP contribution in [0.5, 0.6) is 0 Å². The Morgan fingerprint density at radius 3 is 2.88 bits per heavy atom. The van der Waals surface area contributed by atoms with Crippen molar-refractivity contribution in [2.24, 2.45) is 0 Å². The molecule has 0 atom stereocenters. The van der Waals surface area contributed by atoms with E-state index in [1.54, 1.807) is 0 Å². The van der Waals surface area contributed by atoms with E-state index < -0.39 is 0 Å². The molecule has 80 valence electrons. The maximum Gasteiger partial charge on any atom is 0.0613 e. The Kier molecular flexibility index (Phi) is 2.26. The lowest BCUT2D eigenvalue weighted by atomic mass is 10.1. The number of nitrogens with one attached hydrogen (secondary N) is 2. The van der Waals surface area contributed by atoms with E-state index in [-0.39, 0.29) is 0 Å². The van der Waals surface area contributed by atoms with Crippen LogP contribution < -0.4 is 15.9 Å². The van der Waals surface area contributed by atoms with Crippen LogP contribution >= 0.6 is 0 Å². The largest absolute Gasteiger partial charge is 0.386 e. The van der Waals surface area contributed by atoms with Crippen molar-refractivity contribution < 1.29 is 0 Å². The molecular weight excluding hydrogens is 196 g/mol. The second-order valence-electron chi connectivity index (χ2n) is 4.06. The number of benzene rings is 1. The summed E-state index contributed by atoms with van der Waals surface area (Å²) in [5.74, 6) is 0. The van der Waals surface area contributed by atoms with E-state index in [0.717, 1.165) is 13.0 Å². The molecule has 0 fully saturated rings. The van der Waals surface area contributed by atoms with Crippen LogP contribution in [0.2, 0.25) is 0 Å². The van der Waals surface area contributed by atoms with Gasteiger partial charge in [0.25, 0.3) is 0 Å². The zero-order valence-corrected chi connectivity index (χ0v) is 9.03. The average molecular weight is 210 g/mol. The van der Waals surface area contributed by atoms with Crippen molar-refractivity contribution in [2.45, 2.75) is 6.42 Å². The monoisotopic (exact) mass is 210 g/mol. The fourth-order valence-corrected chi connectivity index (χ4v) is 2.14. The van der Waals surface area contributed by atoms with E-state index >= 15 is 0 Å². The van der Waals surface area contributed by atoms with E-state index in [1.807, 2.05) is 6.20 Å². The summed E-state index contributed by atoms with van der Waals surface area (Å²) in [4.78, 5) is 3.30. The summed E-state index contributed by atoms with van der Waals surface area (Å²) >= 11 is 0. The van der Waals surface area contributed by atoms with Gasteiger partial charge in [-0.15, -0.1) is 0 Å². The lowest BCUT2D eigenvalue weighted by Crippen LogP contribution is -2.33. The molecule has 0 aliphatic carbocycles. The molecule has 1 aliphatic rings. The molecule has 1 aliphatic heterocycles. The highest BCUT2D eigenvalue weighted by Gasteiger charge is 2.02. The molecule has 0 radical (unpaired) electrons. The summed E-state index contributed by atoms with van der Waals surface area (Å²) < 4.78 is 0. The van der Waals surface area contributed by atoms with Gasteiger partial charge in [0.05, 0.1) is 5.35 Å². The molecule has 2 nitrogen and oxygen atoms in total. The van der Waals surface area contributed by atoms with Crippen LogP contribution in [0, 0.1) is 0 Å². The van der Waals surface area contributed by atoms with Crippen molar-refractivity contribution >= 4 is 12.3 Å². The number of aromatic nitrogens is 1. The summed E-state index contributed by atoms with van der Waals surface area (Å²) in [7, 11) is 0. The van der Waals surface area contributed by atoms with Gasteiger partial charge in [0, 0.05) is 24.2 Å². The molecular formula is C14H14N2. The van der Waals surface area contributed by atoms with Gasteiger partial charge < -0.3 is 10.3 Å². The molecule has 0 bridgehead atoms. The van der Waals surface area contributed by atoms with Crippen molar-refractivity contribution in [3.05, 3.63) is 58.2 Å². The van der Waals surface area contributed by atoms with Gasteiger partial charge in [-0.1, -0.05) is 36.4 Å². The third kappa shape index (κ3) is 1.63. The lowest BCUT2D eigenvalue weighted by molar-refractivity contribution is 1.04. The van der Waals surface area contributed by atoms with Crippen LogP contribution in [-0.2, 0) is 6.42 Å². The van der Waals surface area contributed by atoms with Gasteiger partial charge >= 0.3 is 0 Å². The van der Waals surface area contributed by atoms with E-state index in [1.165, 1.54) is 21.7 Å². The van der Waals surface area contributed by atoms with Crippen molar-refractivity contribution in [1.82, 2.24) is 10.3 Å². The van der Waals surface area contributed by atoms with Crippen molar-refractivity contribution in [3.63, 3.8) is 0 Å².